The number of Topliss-reactive ketones (excluding diaryl/α,β-unsaturated/α-hetero) is 3. The zero-order chi connectivity index (χ0) is 54.6. The Labute approximate surface area is 418 Å². The summed E-state index contributed by atoms with van der Waals surface area (Å²) in [5.74, 6) is -4.69. The van der Waals surface area contributed by atoms with Gasteiger partial charge in [0.2, 0.25) is 0 Å². The van der Waals surface area contributed by atoms with Crippen molar-refractivity contribution in [1.82, 2.24) is 0 Å². The molecule has 3 heterocycles. The molecular weight excluding hydrogens is 1020 g/mol. The first-order valence-corrected chi connectivity index (χ1v) is 21.5. The van der Waals surface area contributed by atoms with Gasteiger partial charge in [0.05, 0.1) is 74.7 Å². The standard InChI is InChI=1S/3C17H12F3NO4/c3*1-24-11-4-2-10(3-5-11)9-21-14-7-6-12(25-17(18,19)20)8-13(14)15(22)16(21)23/h3*2-8H,9H2,1H3. The highest BCUT2D eigenvalue weighted by Gasteiger charge is 2.41. The van der Waals surface area contributed by atoms with Gasteiger partial charge in [-0.25, -0.2) is 0 Å². The molecule has 3 aliphatic heterocycles. The number of carbonyl (C=O) groups is 6. The maximum atomic E-state index is 12.3. The van der Waals surface area contributed by atoms with Crippen LogP contribution in [0.2, 0.25) is 0 Å². The van der Waals surface area contributed by atoms with E-state index < -0.39 is 71.4 Å². The summed E-state index contributed by atoms with van der Waals surface area (Å²) in [5.41, 5.74) is 2.64. The van der Waals surface area contributed by atoms with Gasteiger partial charge in [-0.05, 0) is 108 Å². The molecule has 6 aromatic carbocycles. The third kappa shape index (κ3) is 12.9. The molecule has 9 rings (SSSR count). The zero-order valence-corrected chi connectivity index (χ0v) is 38.9. The van der Waals surface area contributed by atoms with E-state index in [1.165, 1.54) is 54.2 Å². The van der Waals surface area contributed by atoms with E-state index in [0.717, 1.165) is 53.1 Å². The number of hydrogen-bond donors (Lipinski definition) is 0. The molecule has 0 unspecified atom stereocenters. The van der Waals surface area contributed by atoms with Crippen LogP contribution in [0.15, 0.2) is 127 Å². The van der Waals surface area contributed by atoms with E-state index in [1.807, 2.05) is 0 Å². The summed E-state index contributed by atoms with van der Waals surface area (Å²) in [6.07, 6.45) is -14.6. The summed E-state index contributed by atoms with van der Waals surface area (Å²) in [4.78, 5) is 76.4. The number of amides is 3. The highest BCUT2D eigenvalue weighted by molar-refractivity contribution is 6.53. The predicted octanol–water partition coefficient (Wildman–Crippen LogP) is 9.97. The Hall–Kier alpha value is -9.09. The third-order valence-corrected chi connectivity index (χ3v) is 11.0. The molecule has 0 fully saturated rings. The predicted molar refractivity (Wildman–Crippen MR) is 245 cm³/mol. The average Bonchev–Trinajstić information content (AvgIpc) is 3.84. The molecule has 0 saturated heterocycles. The minimum atomic E-state index is -4.87. The number of halogens is 9. The van der Waals surface area contributed by atoms with Gasteiger partial charge in [-0.1, -0.05) is 36.4 Å². The molecule has 0 aromatic heterocycles. The lowest BCUT2D eigenvalue weighted by Gasteiger charge is -2.17. The molecule has 390 valence electrons. The smallest absolute Gasteiger partial charge is 0.497 e. The number of methoxy groups -OCH3 is 3. The van der Waals surface area contributed by atoms with Crippen molar-refractivity contribution in [2.45, 2.75) is 38.7 Å². The molecule has 6 aromatic rings. The Morgan fingerprint density at radius 2 is 0.547 bits per heavy atom. The van der Waals surface area contributed by atoms with Crippen LogP contribution in [0.4, 0.5) is 56.6 Å². The molecule has 3 aliphatic rings. The molecule has 0 radical (unpaired) electrons. The van der Waals surface area contributed by atoms with E-state index in [0.29, 0.717) is 17.2 Å². The molecule has 0 bridgehead atoms. The van der Waals surface area contributed by atoms with E-state index in [9.17, 15) is 68.3 Å². The molecule has 0 saturated carbocycles. The van der Waals surface area contributed by atoms with Crippen LogP contribution in [-0.4, -0.2) is 75.5 Å². The Morgan fingerprint density at radius 1 is 0.333 bits per heavy atom. The number of anilines is 3. The Bertz CT molecular complexity index is 2830. The minimum absolute atomic E-state index is 0.111. The molecule has 24 heteroatoms. The van der Waals surface area contributed by atoms with Gasteiger partial charge in [-0.15, -0.1) is 39.5 Å². The number of nitrogens with zero attached hydrogens (tertiary/aromatic N) is 3. The number of carbonyl (C=O) groups excluding carboxylic acids is 6. The lowest BCUT2D eigenvalue weighted by Crippen LogP contribution is -2.29. The van der Waals surface area contributed by atoms with Crippen LogP contribution in [0.25, 0.3) is 0 Å². The van der Waals surface area contributed by atoms with Crippen LogP contribution in [0, 0.1) is 0 Å². The van der Waals surface area contributed by atoms with Crippen LogP contribution < -0.4 is 43.1 Å². The first-order valence-electron chi connectivity index (χ1n) is 21.5. The normalized spacial score (nSPS) is 13.8. The van der Waals surface area contributed by atoms with Crippen molar-refractivity contribution in [2.75, 3.05) is 36.0 Å². The van der Waals surface area contributed by atoms with Crippen molar-refractivity contribution in [1.29, 1.82) is 0 Å². The second-order valence-corrected chi connectivity index (χ2v) is 15.9. The molecule has 75 heavy (non-hydrogen) atoms. The number of hydrogen-bond acceptors (Lipinski definition) is 12. The first-order chi connectivity index (χ1) is 35.3. The average molecular weight is 1050 g/mol. The lowest BCUT2D eigenvalue weighted by molar-refractivity contribution is -0.275. The van der Waals surface area contributed by atoms with Gasteiger partial charge >= 0.3 is 19.1 Å². The number of rotatable bonds is 12. The van der Waals surface area contributed by atoms with Crippen molar-refractivity contribution in [3.63, 3.8) is 0 Å². The summed E-state index contributed by atoms with van der Waals surface area (Å²) in [5, 5.41) is 0. The maximum absolute atomic E-state index is 12.3. The first kappa shape index (κ1) is 53.7. The zero-order valence-electron chi connectivity index (χ0n) is 38.9. The molecular formula is C51H36F9N3O12. The van der Waals surface area contributed by atoms with Crippen molar-refractivity contribution in [2.24, 2.45) is 0 Å². The molecule has 0 spiro atoms. The second kappa shape index (κ2) is 21.6. The number of fused-ring (bicyclic) bond motifs is 3. The molecule has 0 N–H and O–H groups in total. The van der Waals surface area contributed by atoms with E-state index in [-0.39, 0.29) is 53.4 Å². The van der Waals surface area contributed by atoms with Gasteiger partial charge in [0.15, 0.2) is 0 Å². The van der Waals surface area contributed by atoms with E-state index in [1.54, 1.807) is 72.8 Å². The molecule has 0 atom stereocenters. The second-order valence-electron chi connectivity index (χ2n) is 15.9. The van der Waals surface area contributed by atoms with Gasteiger partial charge < -0.3 is 43.1 Å². The van der Waals surface area contributed by atoms with Crippen LogP contribution in [0.1, 0.15) is 47.8 Å². The quantitative estimate of drug-likeness (QED) is 0.0842. The number of ether oxygens (including phenoxy) is 6. The highest BCUT2D eigenvalue weighted by atomic mass is 19.4. The monoisotopic (exact) mass is 1050 g/mol. The Balaban J connectivity index is 0.000000164. The number of benzene rings is 6. The topological polar surface area (TPSA) is 168 Å². The lowest BCUT2D eigenvalue weighted by atomic mass is 10.1. The van der Waals surface area contributed by atoms with Crippen LogP contribution in [0.3, 0.4) is 0 Å². The van der Waals surface area contributed by atoms with Crippen molar-refractivity contribution in [3.8, 4) is 34.5 Å². The van der Waals surface area contributed by atoms with Crippen molar-refractivity contribution < 1.29 is 96.7 Å². The van der Waals surface area contributed by atoms with Crippen LogP contribution >= 0.6 is 0 Å². The summed E-state index contributed by atoms with van der Waals surface area (Å²) in [6.45, 7) is 0.336. The van der Waals surface area contributed by atoms with Crippen molar-refractivity contribution in [3.05, 3.63) is 161 Å². The van der Waals surface area contributed by atoms with E-state index in [4.69, 9.17) is 14.2 Å². The molecule has 3 amide bonds. The molecule has 0 aliphatic carbocycles. The summed E-state index contributed by atoms with van der Waals surface area (Å²) in [6, 6.07) is 30.4. The molecule has 15 nitrogen and oxygen atoms in total. The Morgan fingerprint density at radius 3 is 0.747 bits per heavy atom. The SMILES string of the molecule is COc1ccc(CN2C(=O)C(=O)c3cc(OC(F)(F)F)ccc32)cc1.COc1ccc(CN2C(=O)C(=O)c3cc(OC(F)(F)F)ccc32)cc1.COc1ccc(CN2C(=O)C(=O)c3cc(OC(F)(F)F)ccc32)cc1. The third-order valence-electron chi connectivity index (χ3n) is 11.0. The fourth-order valence-electron chi connectivity index (χ4n) is 7.64. The minimum Gasteiger partial charge on any atom is -0.497 e. The fraction of sp³-hybridized carbons (Fsp3) is 0.176. The van der Waals surface area contributed by atoms with E-state index >= 15 is 0 Å². The van der Waals surface area contributed by atoms with Gasteiger partial charge in [0.25, 0.3) is 35.1 Å². The van der Waals surface area contributed by atoms with Crippen LogP contribution in [-0.2, 0) is 34.0 Å². The van der Waals surface area contributed by atoms with Gasteiger partial charge in [0.1, 0.15) is 34.5 Å². The van der Waals surface area contributed by atoms with Crippen LogP contribution in [0.5, 0.6) is 34.5 Å². The van der Waals surface area contributed by atoms with Crippen molar-refractivity contribution >= 4 is 52.1 Å². The van der Waals surface area contributed by atoms with Gasteiger partial charge in [-0.2, -0.15) is 0 Å². The number of alkyl halides is 9. The van der Waals surface area contributed by atoms with Gasteiger partial charge in [-0.3, -0.25) is 28.8 Å². The summed E-state index contributed by atoms with van der Waals surface area (Å²) < 4.78 is 137. The number of ketones is 3. The van der Waals surface area contributed by atoms with E-state index in [2.05, 4.69) is 14.2 Å². The Kier molecular flexibility index (Phi) is 15.4. The highest BCUT2D eigenvalue weighted by Crippen LogP contribution is 2.38. The maximum Gasteiger partial charge on any atom is 0.573 e. The summed E-state index contributed by atoms with van der Waals surface area (Å²) in [7, 11) is 4.57. The fourth-order valence-corrected chi connectivity index (χ4v) is 7.64. The van der Waals surface area contributed by atoms with Gasteiger partial charge in [0, 0.05) is 0 Å². The summed E-state index contributed by atoms with van der Waals surface area (Å²) >= 11 is 0. The largest absolute Gasteiger partial charge is 0.573 e.